The van der Waals surface area contributed by atoms with Crippen molar-refractivity contribution in [3.05, 3.63) is 0 Å². The van der Waals surface area contributed by atoms with Crippen LogP contribution < -0.4 is 10.6 Å². The number of carbonyl (C=O) groups is 1. The van der Waals surface area contributed by atoms with Gasteiger partial charge in [-0.1, -0.05) is 0 Å². The van der Waals surface area contributed by atoms with Gasteiger partial charge in [-0.15, -0.1) is 0 Å². The zero-order chi connectivity index (χ0) is 13.3. The van der Waals surface area contributed by atoms with Gasteiger partial charge in [-0.3, -0.25) is 4.79 Å². The first-order chi connectivity index (χ1) is 7.52. The van der Waals surface area contributed by atoms with Crippen molar-refractivity contribution < 1.29 is 13.2 Å². The third kappa shape index (κ3) is 5.04. The minimum absolute atomic E-state index is 0.0429. The molecule has 0 aliphatic carbocycles. The SMILES string of the molecule is CC(C)(C)NCC(=O)NC1(C)CCS(=O)(=O)C1. The van der Waals surface area contributed by atoms with Crippen molar-refractivity contribution in [3.8, 4) is 0 Å². The minimum Gasteiger partial charge on any atom is -0.349 e. The number of carbonyl (C=O) groups excluding carboxylic acids is 1. The van der Waals surface area contributed by atoms with Crippen LogP contribution in [0.1, 0.15) is 34.1 Å². The lowest BCUT2D eigenvalue weighted by Gasteiger charge is -2.26. The fourth-order valence-electron chi connectivity index (χ4n) is 1.84. The van der Waals surface area contributed by atoms with Crippen molar-refractivity contribution in [2.24, 2.45) is 0 Å². The summed E-state index contributed by atoms with van der Waals surface area (Å²) in [6, 6.07) is 0. The van der Waals surface area contributed by atoms with Crippen molar-refractivity contribution in [2.45, 2.75) is 45.2 Å². The summed E-state index contributed by atoms with van der Waals surface area (Å²) >= 11 is 0. The summed E-state index contributed by atoms with van der Waals surface area (Å²) < 4.78 is 22.8. The summed E-state index contributed by atoms with van der Waals surface area (Å²) in [5.74, 6) is 0.0529. The molecule has 0 aromatic heterocycles. The maximum absolute atomic E-state index is 11.7. The fourth-order valence-corrected chi connectivity index (χ4v) is 3.93. The molecule has 17 heavy (non-hydrogen) atoms. The molecule has 0 aromatic carbocycles. The Morgan fingerprint density at radius 3 is 2.35 bits per heavy atom. The van der Waals surface area contributed by atoms with Gasteiger partial charge in [0.15, 0.2) is 9.84 Å². The lowest BCUT2D eigenvalue weighted by atomic mass is 10.0. The lowest BCUT2D eigenvalue weighted by Crippen LogP contribution is -2.51. The molecular formula is C11H22N2O3S. The van der Waals surface area contributed by atoms with Crippen LogP contribution in [0.3, 0.4) is 0 Å². The smallest absolute Gasteiger partial charge is 0.234 e. The molecule has 0 spiro atoms. The number of nitrogens with one attached hydrogen (secondary N) is 2. The summed E-state index contributed by atoms with van der Waals surface area (Å²) in [5, 5.41) is 5.87. The molecular weight excluding hydrogens is 240 g/mol. The second-order valence-corrected chi connectivity index (χ2v) is 8.24. The minimum atomic E-state index is -2.98. The summed E-state index contributed by atoms with van der Waals surface area (Å²) in [6.07, 6.45) is 0.497. The van der Waals surface area contributed by atoms with Crippen LogP contribution in [0.2, 0.25) is 0 Å². The fraction of sp³-hybridized carbons (Fsp3) is 0.909. The van der Waals surface area contributed by atoms with E-state index in [-0.39, 0.29) is 29.5 Å². The largest absolute Gasteiger partial charge is 0.349 e. The Morgan fingerprint density at radius 1 is 1.35 bits per heavy atom. The monoisotopic (exact) mass is 262 g/mol. The van der Waals surface area contributed by atoms with Crippen LogP contribution >= 0.6 is 0 Å². The first-order valence-corrected chi connectivity index (χ1v) is 7.60. The molecule has 1 aliphatic rings. The predicted molar refractivity (Wildman–Crippen MR) is 67.6 cm³/mol. The second-order valence-electron chi connectivity index (χ2n) is 6.05. The zero-order valence-electron chi connectivity index (χ0n) is 11.0. The maximum Gasteiger partial charge on any atom is 0.234 e. The zero-order valence-corrected chi connectivity index (χ0v) is 11.8. The number of rotatable bonds is 3. The van der Waals surface area contributed by atoms with Crippen LogP contribution in [0.4, 0.5) is 0 Å². The van der Waals surface area contributed by atoms with Crippen molar-refractivity contribution in [2.75, 3.05) is 18.1 Å². The predicted octanol–water partition coefficient (Wildman–Crippen LogP) is 0.0679. The Labute approximate surface area is 103 Å². The van der Waals surface area contributed by atoms with E-state index in [1.165, 1.54) is 0 Å². The molecule has 100 valence electrons. The van der Waals surface area contributed by atoms with Gasteiger partial charge in [0.05, 0.1) is 23.6 Å². The van der Waals surface area contributed by atoms with Crippen LogP contribution in [0.5, 0.6) is 0 Å². The van der Waals surface area contributed by atoms with E-state index in [1.807, 2.05) is 20.8 Å². The van der Waals surface area contributed by atoms with Gasteiger partial charge >= 0.3 is 0 Å². The lowest BCUT2D eigenvalue weighted by molar-refractivity contribution is -0.122. The van der Waals surface area contributed by atoms with Gasteiger partial charge in [0.1, 0.15) is 0 Å². The summed E-state index contributed by atoms with van der Waals surface area (Å²) in [4.78, 5) is 11.7. The molecule has 0 saturated carbocycles. The van der Waals surface area contributed by atoms with E-state index >= 15 is 0 Å². The molecule has 1 heterocycles. The van der Waals surface area contributed by atoms with Gasteiger partial charge in [0.2, 0.25) is 5.91 Å². The normalized spacial score (nSPS) is 28.0. The van der Waals surface area contributed by atoms with Gasteiger partial charge in [-0.2, -0.15) is 0 Å². The highest BCUT2D eigenvalue weighted by atomic mass is 32.2. The van der Waals surface area contributed by atoms with E-state index < -0.39 is 15.4 Å². The van der Waals surface area contributed by atoms with Crippen molar-refractivity contribution in [1.82, 2.24) is 10.6 Å². The maximum atomic E-state index is 11.7. The molecule has 1 atom stereocenters. The Morgan fingerprint density at radius 2 is 1.94 bits per heavy atom. The van der Waals surface area contributed by atoms with Crippen molar-refractivity contribution >= 4 is 15.7 Å². The number of amides is 1. The molecule has 0 radical (unpaired) electrons. The number of hydrogen-bond acceptors (Lipinski definition) is 4. The molecule has 2 N–H and O–H groups in total. The average molecular weight is 262 g/mol. The van der Waals surface area contributed by atoms with Gasteiger partial charge in [-0.25, -0.2) is 8.42 Å². The summed E-state index contributed by atoms with van der Waals surface area (Å²) in [7, 11) is -2.98. The van der Waals surface area contributed by atoms with Crippen molar-refractivity contribution in [3.63, 3.8) is 0 Å². The van der Waals surface area contributed by atoms with E-state index in [4.69, 9.17) is 0 Å². The molecule has 1 rings (SSSR count). The van der Waals surface area contributed by atoms with Crippen molar-refractivity contribution in [1.29, 1.82) is 0 Å². The molecule has 6 heteroatoms. The highest BCUT2D eigenvalue weighted by Gasteiger charge is 2.39. The van der Waals surface area contributed by atoms with Crippen LogP contribution in [0, 0.1) is 0 Å². The molecule has 0 bridgehead atoms. The van der Waals surface area contributed by atoms with Crippen LogP contribution in [-0.2, 0) is 14.6 Å². The highest BCUT2D eigenvalue weighted by Crippen LogP contribution is 2.22. The van der Waals surface area contributed by atoms with E-state index in [9.17, 15) is 13.2 Å². The highest BCUT2D eigenvalue weighted by molar-refractivity contribution is 7.91. The molecule has 1 amide bonds. The first-order valence-electron chi connectivity index (χ1n) is 5.78. The molecule has 1 saturated heterocycles. The van der Waals surface area contributed by atoms with Crippen LogP contribution in [0.15, 0.2) is 0 Å². The van der Waals surface area contributed by atoms with E-state index in [1.54, 1.807) is 6.92 Å². The summed E-state index contributed by atoms with van der Waals surface area (Å²) in [5.41, 5.74) is -0.727. The first kappa shape index (κ1) is 14.4. The van der Waals surface area contributed by atoms with Gasteiger partial charge in [0, 0.05) is 5.54 Å². The second kappa shape index (κ2) is 4.57. The Hall–Kier alpha value is -0.620. The number of sulfone groups is 1. The van der Waals surface area contributed by atoms with Gasteiger partial charge in [0.25, 0.3) is 0 Å². The Balaban J connectivity index is 2.47. The van der Waals surface area contributed by atoms with E-state index in [0.29, 0.717) is 6.42 Å². The molecule has 1 fully saturated rings. The standard InChI is InChI=1S/C11H22N2O3S/c1-10(2,3)12-7-9(14)13-11(4)5-6-17(15,16)8-11/h12H,5-8H2,1-4H3,(H,13,14). The van der Waals surface area contributed by atoms with Gasteiger partial charge < -0.3 is 10.6 Å². The van der Waals surface area contributed by atoms with Crippen LogP contribution in [0.25, 0.3) is 0 Å². The molecule has 0 aromatic rings. The third-order valence-electron chi connectivity index (χ3n) is 2.72. The van der Waals surface area contributed by atoms with E-state index in [0.717, 1.165) is 0 Å². The topological polar surface area (TPSA) is 75.3 Å². The van der Waals surface area contributed by atoms with Gasteiger partial charge in [-0.05, 0) is 34.1 Å². The van der Waals surface area contributed by atoms with E-state index in [2.05, 4.69) is 10.6 Å². The average Bonchev–Trinajstić information content (AvgIpc) is 2.36. The molecule has 1 unspecified atom stereocenters. The molecule has 5 nitrogen and oxygen atoms in total. The third-order valence-corrected chi connectivity index (χ3v) is 4.63. The number of hydrogen-bond donors (Lipinski definition) is 2. The Bertz CT molecular complexity index is 397. The van der Waals surface area contributed by atoms with Crippen LogP contribution in [-0.4, -0.2) is 43.5 Å². The Kier molecular flexibility index (Phi) is 3.88. The quantitative estimate of drug-likeness (QED) is 0.754. The molecule has 1 aliphatic heterocycles. The summed E-state index contributed by atoms with van der Waals surface area (Å²) in [6.45, 7) is 7.91.